The predicted octanol–water partition coefficient (Wildman–Crippen LogP) is 1.59. The van der Waals surface area contributed by atoms with Crippen LogP contribution in [-0.2, 0) is 9.84 Å². The molecule has 3 heterocycles. The van der Waals surface area contributed by atoms with Gasteiger partial charge in [0.1, 0.15) is 15.7 Å². The van der Waals surface area contributed by atoms with Crippen molar-refractivity contribution in [2.45, 2.75) is 18.9 Å². The second kappa shape index (κ2) is 5.99. The van der Waals surface area contributed by atoms with E-state index < -0.39 is 9.84 Å². The highest BCUT2D eigenvalue weighted by molar-refractivity contribution is 7.91. The summed E-state index contributed by atoms with van der Waals surface area (Å²) in [6.45, 7) is 0. The Morgan fingerprint density at radius 3 is 2.68 bits per heavy atom. The summed E-state index contributed by atoms with van der Waals surface area (Å²) in [7, 11) is -2.90. The lowest BCUT2D eigenvalue weighted by Gasteiger charge is -2.24. The zero-order chi connectivity index (χ0) is 17.4. The van der Waals surface area contributed by atoms with Crippen molar-refractivity contribution in [3.8, 4) is 11.3 Å². The Kier molecular flexibility index (Phi) is 3.79. The van der Waals surface area contributed by atoms with Gasteiger partial charge in [-0.1, -0.05) is 6.07 Å². The highest BCUT2D eigenvalue weighted by Crippen LogP contribution is 2.28. The van der Waals surface area contributed by atoms with Crippen molar-refractivity contribution in [1.82, 2.24) is 20.2 Å². The SMILES string of the molecule is Nc1nc(NC2CCS(=O)(=O)CC2)c2ccc(-c3ccn[nH]3)cc2n1. The van der Waals surface area contributed by atoms with Gasteiger partial charge in [0, 0.05) is 23.2 Å². The largest absolute Gasteiger partial charge is 0.368 e. The van der Waals surface area contributed by atoms with Gasteiger partial charge in [-0.25, -0.2) is 13.4 Å². The molecule has 9 heteroatoms. The molecule has 1 aliphatic heterocycles. The number of H-pyrrole nitrogens is 1. The number of hydrogen-bond donors (Lipinski definition) is 3. The number of nitrogens with zero attached hydrogens (tertiary/aromatic N) is 3. The molecule has 130 valence electrons. The number of aromatic nitrogens is 4. The van der Waals surface area contributed by atoms with Crippen LogP contribution in [0.15, 0.2) is 30.5 Å². The summed E-state index contributed by atoms with van der Waals surface area (Å²) in [6.07, 6.45) is 2.83. The van der Waals surface area contributed by atoms with Gasteiger partial charge in [0.25, 0.3) is 0 Å². The average molecular weight is 358 g/mol. The molecule has 0 saturated carbocycles. The van der Waals surface area contributed by atoms with E-state index in [-0.39, 0.29) is 23.5 Å². The number of anilines is 2. The molecule has 0 radical (unpaired) electrons. The Labute approximate surface area is 144 Å². The van der Waals surface area contributed by atoms with E-state index in [4.69, 9.17) is 5.73 Å². The van der Waals surface area contributed by atoms with Gasteiger partial charge in [0.15, 0.2) is 0 Å². The van der Waals surface area contributed by atoms with Crippen LogP contribution >= 0.6 is 0 Å². The van der Waals surface area contributed by atoms with Gasteiger partial charge in [-0.05, 0) is 31.0 Å². The lowest BCUT2D eigenvalue weighted by Crippen LogP contribution is -2.32. The number of sulfone groups is 1. The van der Waals surface area contributed by atoms with E-state index in [1.54, 1.807) is 6.20 Å². The van der Waals surface area contributed by atoms with Crippen LogP contribution in [0.1, 0.15) is 12.8 Å². The number of nitrogen functional groups attached to an aromatic ring is 1. The van der Waals surface area contributed by atoms with Gasteiger partial charge in [-0.15, -0.1) is 0 Å². The van der Waals surface area contributed by atoms with Crippen molar-refractivity contribution in [2.75, 3.05) is 22.6 Å². The first-order valence-electron chi connectivity index (χ1n) is 8.04. The van der Waals surface area contributed by atoms with Crippen molar-refractivity contribution >= 4 is 32.5 Å². The van der Waals surface area contributed by atoms with Crippen LogP contribution in [0, 0.1) is 0 Å². The summed E-state index contributed by atoms with van der Waals surface area (Å²) in [5, 5.41) is 11.1. The summed E-state index contributed by atoms with van der Waals surface area (Å²) in [4.78, 5) is 8.63. The van der Waals surface area contributed by atoms with E-state index in [0.717, 1.165) is 22.2 Å². The second-order valence-corrected chi connectivity index (χ2v) is 8.51. The maximum atomic E-state index is 11.6. The standard InChI is InChI=1S/C16H18N6O2S/c17-16-20-14-9-10(13-3-6-18-22-13)1-2-12(14)15(21-16)19-11-4-7-25(23,24)8-5-11/h1-3,6,9,11H,4-5,7-8H2,(H,18,22)(H3,17,19,20,21). The molecular weight excluding hydrogens is 340 g/mol. The first kappa shape index (κ1) is 15.8. The second-order valence-electron chi connectivity index (χ2n) is 6.20. The van der Waals surface area contributed by atoms with E-state index in [0.29, 0.717) is 18.7 Å². The van der Waals surface area contributed by atoms with Crippen molar-refractivity contribution in [1.29, 1.82) is 0 Å². The number of aromatic amines is 1. The highest BCUT2D eigenvalue weighted by Gasteiger charge is 2.24. The van der Waals surface area contributed by atoms with E-state index in [9.17, 15) is 8.42 Å². The summed E-state index contributed by atoms with van der Waals surface area (Å²) in [5.41, 5.74) is 8.44. The van der Waals surface area contributed by atoms with Crippen molar-refractivity contribution < 1.29 is 8.42 Å². The average Bonchev–Trinajstić information content (AvgIpc) is 3.10. The van der Waals surface area contributed by atoms with Crippen LogP contribution in [0.5, 0.6) is 0 Å². The number of nitrogens with two attached hydrogens (primary N) is 1. The first-order valence-corrected chi connectivity index (χ1v) is 9.86. The normalized spacial score (nSPS) is 17.6. The Morgan fingerprint density at radius 2 is 1.96 bits per heavy atom. The molecule has 1 fully saturated rings. The minimum absolute atomic E-state index is 0.0632. The summed E-state index contributed by atoms with van der Waals surface area (Å²) in [6, 6.07) is 7.78. The minimum Gasteiger partial charge on any atom is -0.368 e. The lowest BCUT2D eigenvalue weighted by atomic mass is 10.1. The summed E-state index contributed by atoms with van der Waals surface area (Å²) >= 11 is 0. The van der Waals surface area contributed by atoms with Crippen LogP contribution in [0.4, 0.5) is 11.8 Å². The van der Waals surface area contributed by atoms with Gasteiger partial charge < -0.3 is 11.1 Å². The molecular formula is C16H18N6O2S. The number of benzene rings is 1. The predicted molar refractivity (Wildman–Crippen MR) is 96.8 cm³/mol. The van der Waals surface area contributed by atoms with Gasteiger partial charge in [-0.2, -0.15) is 10.1 Å². The maximum Gasteiger partial charge on any atom is 0.222 e. The fourth-order valence-corrected chi connectivity index (χ4v) is 4.56. The van der Waals surface area contributed by atoms with Crippen LogP contribution in [0.2, 0.25) is 0 Å². The molecule has 0 atom stereocenters. The van der Waals surface area contributed by atoms with Crippen molar-refractivity contribution in [3.05, 3.63) is 30.5 Å². The minimum atomic E-state index is -2.90. The van der Waals surface area contributed by atoms with E-state index in [2.05, 4.69) is 25.5 Å². The highest BCUT2D eigenvalue weighted by atomic mass is 32.2. The topological polar surface area (TPSA) is 127 Å². The number of fused-ring (bicyclic) bond motifs is 1. The molecule has 1 saturated heterocycles. The Morgan fingerprint density at radius 1 is 1.16 bits per heavy atom. The molecule has 1 aliphatic rings. The molecule has 2 aromatic heterocycles. The van der Waals surface area contributed by atoms with E-state index in [1.807, 2.05) is 24.3 Å². The van der Waals surface area contributed by atoms with Crippen LogP contribution < -0.4 is 11.1 Å². The first-order chi connectivity index (χ1) is 12.0. The summed E-state index contributed by atoms with van der Waals surface area (Å²) in [5.74, 6) is 1.23. The van der Waals surface area contributed by atoms with E-state index in [1.165, 1.54) is 0 Å². The smallest absolute Gasteiger partial charge is 0.222 e. The monoisotopic (exact) mass is 358 g/mol. The zero-order valence-electron chi connectivity index (χ0n) is 13.4. The number of nitrogens with one attached hydrogen (secondary N) is 2. The molecule has 0 unspecified atom stereocenters. The van der Waals surface area contributed by atoms with Crippen LogP contribution in [0.25, 0.3) is 22.2 Å². The van der Waals surface area contributed by atoms with Gasteiger partial charge in [-0.3, -0.25) is 5.10 Å². The molecule has 4 N–H and O–H groups in total. The lowest BCUT2D eigenvalue weighted by molar-refractivity contribution is 0.559. The third kappa shape index (κ3) is 3.27. The molecule has 8 nitrogen and oxygen atoms in total. The molecule has 0 bridgehead atoms. The fourth-order valence-electron chi connectivity index (χ4n) is 3.07. The summed E-state index contributed by atoms with van der Waals surface area (Å²) < 4.78 is 23.2. The van der Waals surface area contributed by atoms with Crippen LogP contribution in [-0.4, -0.2) is 46.1 Å². The number of rotatable bonds is 3. The molecule has 0 amide bonds. The van der Waals surface area contributed by atoms with E-state index >= 15 is 0 Å². The third-order valence-electron chi connectivity index (χ3n) is 4.42. The Hall–Kier alpha value is -2.68. The fraction of sp³-hybridized carbons (Fsp3) is 0.312. The quantitative estimate of drug-likeness (QED) is 0.649. The molecule has 25 heavy (non-hydrogen) atoms. The van der Waals surface area contributed by atoms with Gasteiger partial charge in [0.2, 0.25) is 5.95 Å². The number of hydrogen-bond acceptors (Lipinski definition) is 7. The van der Waals surface area contributed by atoms with Crippen LogP contribution in [0.3, 0.4) is 0 Å². The van der Waals surface area contributed by atoms with Crippen molar-refractivity contribution in [2.24, 2.45) is 0 Å². The molecule has 0 spiro atoms. The van der Waals surface area contributed by atoms with Crippen molar-refractivity contribution in [3.63, 3.8) is 0 Å². The van der Waals surface area contributed by atoms with Gasteiger partial charge >= 0.3 is 0 Å². The molecule has 1 aromatic carbocycles. The Balaban J connectivity index is 1.67. The zero-order valence-corrected chi connectivity index (χ0v) is 14.3. The third-order valence-corrected chi connectivity index (χ3v) is 6.14. The molecule has 0 aliphatic carbocycles. The molecule has 4 rings (SSSR count). The molecule has 3 aromatic rings. The Bertz CT molecular complexity index is 1000. The van der Waals surface area contributed by atoms with Gasteiger partial charge in [0.05, 0.1) is 22.7 Å². The maximum absolute atomic E-state index is 11.6.